The molecule has 0 unspecified atom stereocenters. The number of hydrogen-bond donors (Lipinski definition) is 0. The lowest BCUT2D eigenvalue weighted by Crippen LogP contribution is -1.97. The summed E-state index contributed by atoms with van der Waals surface area (Å²) in [6.45, 7) is 2.50. The Morgan fingerprint density at radius 2 is 1.67 bits per heavy atom. The van der Waals surface area contributed by atoms with Crippen LogP contribution in [0.15, 0.2) is 67.0 Å². The minimum atomic E-state index is 0.544. The molecule has 3 nitrogen and oxygen atoms in total. The van der Waals surface area contributed by atoms with Crippen LogP contribution in [0.3, 0.4) is 0 Å². The minimum Gasteiger partial charge on any atom is -0.488 e. The van der Waals surface area contributed by atoms with Crippen molar-refractivity contribution in [2.45, 2.75) is 13.5 Å². The normalized spacial score (nSPS) is 10.3. The fourth-order valence-corrected chi connectivity index (χ4v) is 2.14. The highest BCUT2D eigenvalue weighted by Crippen LogP contribution is 2.28. The fraction of sp³-hybridized carbons (Fsp3) is 0.111. The molecule has 1 aromatic heterocycles. The Bertz CT molecular complexity index is 726. The second kappa shape index (κ2) is 6.18. The van der Waals surface area contributed by atoms with E-state index in [1.165, 1.54) is 0 Å². The van der Waals surface area contributed by atoms with Crippen molar-refractivity contribution in [2.24, 2.45) is 0 Å². The van der Waals surface area contributed by atoms with E-state index in [4.69, 9.17) is 4.74 Å². The molecule has 1 heterocycles. The lowest BCUT2D eigenvalue weighted by atomic mass is 10.1. The second-order valence-corrected chi connectivity index (χ2v) is 4.82. The van der Waals surface area contributed by atoms with Crippen molar-refractivity contribution in [3.8, 4) is 17.0 Å². The van der Waals surface area contributed by atoms with E-state index in [1.807, 2.05) is 55.5 Å². The number of rotatable bonds is 4. The predicted molar refractivity (Wildman–Crippen MR) is 83.0 cm³/mol. The highest BCUT2D eigenvalue weighted by molar-refractivity contribution is 5.67. The first-order valence-corrected chi connectivity index (χ1v) is 6.88. The Balaban J connectivity index is 1.86. The molecule has 0 aliphatic heterocycles. The van der Waals surface area contributed by atoms with Crippen molar-refractivity contribution in [2.75, 3.05) is 0 Å². The van der Waals surface area contributed by atoms with Crippen molar-refractivity contribution in [3.63, 3.8) is 0 Å². The van der Waals surface area contributed by atoms with E-state index in [1.54, 1.807) is 6.33 Å². The molecule has 0 amide bonds. The van der Waals surface area contributed by atoms with Gasteiger partial charge in [-0.1, -0.05) is 42.5 Å². The topological polar surface area (TPSA) is 35.0 Å². The summed E-state index contributed by atoms with van der Waals surface area (Å²) in [6, 6.07) is 20.0. The average Bonchev–Trinajstić information content (AvgIpc) is 2.54. The molecule has 0 N–H and O–H groups in total. The van der Waals surface area contributed by atoms with E-state index in [2.05, 4.69) is 22.1 Å². The molecule has 0 atom stereocenters. The van der Waals surface area contributed by atoms with Crippen LogP contribution in [-0.4, -0.2) is 9.97 Å². The van der Waals surface area contributed by atoms with E-state index in [0.29, 0.717) is 6.61 Å². The van der Waals surface area contributed by atoms with Crippen LogP contribution in [0.4, 0.5) is 0 Å². The van der Waals surface area contributed by atoms with E-state index in [9.17, 15) is 0 Å². The molecular formula is C18H16N2O. The maximum Gasteiger partial charge on any atom is 0.129 e. The Morgan fingerprint density at radius 1 is 0.905 bits per heavy atom. The first-order valence-electron chi connectivity index (χ1n) is 6.88. The van der Waals surface area contributed by atoms with Gasteiger partial charge < -0.3 is 4.74 Å². The second-order valence-electron chi connectivity index (χ2n) is 4.82. The average molecular weight is 276 g/mol. The molecule has 3 aromatic rings. The van der Waals surface area contributed by atoms with Crippen molar-refractivity contribution in [1.82, 2.24) is 9.97 Å². The van der Waals surface area contributed by atoms with Gasteiger partial charge in [0.15, 0.2) is 0 Å². The quantitative estimate of drug-likeness (QED) is 0.721. The number of hydrogen-bond acceptors (Lipinski definition) is 3. The van der Waals surface area contributed by atoms with Crippen LogP contribution in [-0.2, 0) is 6.61 Å². The Kier molecular flexibility index (Phi) is 3.92. The summed E-state index contributed by atoms with van der Waals surface area (Å²) in [5, 5.41) is 0. The summed E-state index contributed by atoms with van der Waals surface area (Å²) < 4.78 is 5.96. The third kappa shape index (κ3) is 3.26. The highest BCUT2D eigenvalue weighted by atomic mass is 16.5. The lowest BCUT2D eigenvalue weighted by molar-refractivity contribution is 0.307. The standard InChI is InChI=1S/C18H16N2O/c1-14-11-17(20-13-19-14)16-9-5-6-10-18(16)21-12-15-7-3-2-4-8-15/h2-11,13H,12H2,1H3. The van der Waals surface area contributed by atoms with Crippen molar-refractivity contribution < 1.29 is 4.74 Å². The summed E-state index contributed by atoms with van der Waals surface area (Å²) in [6.07, 6.45) is 1.58. The molecule has 0 fully saturated rings. The summed E-state index contributed by atoms with van der Waals surface area (Å²) in [7, 11) is 0. The van der Waals surface area contributed by atoms with E-state index in [0.717, 1.165) is 28.3 Å². The molecule has 104 valence electrons. The summed E-state index contributed by atoms with van der Waals surface area (Å²) in [4.78, 5) is 8.47. The van der Waals surface area contributed by atoms with Crippen molar-refractivity contribution >= 4 is 0 Å². The Hall–Kier alpha value is -2.68. The Labute approximate surface area is 124 Å². The molecule has 3 rings (SSSR count). The summed E-state index contributed by atoms with van der Waals surface area (Å²) in [5.74, 6) is 0.833. The first-order chi connectivity index (χ1) is 10.3. The monoisotopic (exact) mass is 276 g/mol. The van der Waals surface area contributed by atoms with Crippen LogP contribution in [0, 0.1) is 6.92 Å². The predicted octanol–water partition coefficient (Wildman–Crippen LogP) is 4.03. The van der Waals surface area contributed by atoms with Crippen LogP contribution >= 0.6 is 0 Å². The molecule has 2 aromatic carbocycles. The third-order valence-electron chi connectivity index (χ3n) is 3.20. The van der Waals surface area contributed by atoms with Gasteiger partial charge in [-0.05, 0) is 30.7 Å². The molecule has 0 saturated carbocycles. The van der Waals surface area contributed by atoms with Gasteiger partial charge in [0.1, 0.15) is 18.7 Å². The maximum absolute atomic E-state index is 5.96. The van der Waals surface area contributed by atoms with E-state index in [-0.39, 0.29) is 0 Å². The zero-order valence-corrected chi connectivity index (χ0v) is 11.9. The van der Waals surface area contributed by atoms with Gasteiger partial charge in [0.25, 0.3) is 0 Å². The van der Waals surface area contributed by atoms with Gasteiger partial charge in [0, 0.05) is 11.3 Å². The van der Waals surface area contributed by atoms with Crippen LogP contribution < -0.4 is 4.74 Å². The van der Waals surface area contributed by atoms with Gasteiger partial charge in [-0.3, -0.25) is 0 Å². The van der Waals surface area contributed by atoms with Crippen molar-refractivity contribution in [1.29, 1.82) is 0 Å². The number of benzene rings is 2. The van der Waals surface area contributed by atoms with Gasteiger partial charge in [0.2, 0.25) is 0 Å². The van der Waals surface area contributed by atoms with Gasteiger partial charge in [0.05, 0.1) is 5.69 Å². The smallest absolute Gasteiger partial charge is 0.129 e. The van der Waals surface area contributed by atoms with Crippen LogP contribution in [0.25, 0.3) is 11.3 Å². The SMILES string of the molecule is Cc1cc(-c2ccccc2OCc2ccccc2)ncn1. The molecule has 0 saturated heterocycles. The molecule has 0 bridgehead atoms. The van der Waals surface area contributed by atoms with Gasteiger partial charge in [-0.25, -0.2) is 9.97 Å². The van der Waals surface area contributed by atoms with Crippen molar-refractivity contribution in [3.05, 3.63) is 78.2 Å². The number of ether oxygens (including phenoxy) is 1. The summed E-state index contributed by atoms with van der Waals surface area (Å²) >= 11 is 0. The maximum atomic E-state index is 5.96. The van der Waals surface area contributed by atoms with E-state index >= 15 is 0 Å². The molecule has 0 spiro atoms. The van der Waals surface area contributed by atoms with Crippen LogP contribution in [0.1, 0.15) is 11.3 Å². The van der Waals surface area contributed by atoms with E-state index < -0.39 is 0 Å². The molecular weight excluding hydrogens is 260 g/mol. The highest BCUT2D eigenvalue weighted by Gasteiger charge is 2.07. The third-order valence-corrected chi connectivity index (χ3v) is 3.20. The van der Waals surface area contributed by atoms with Crippen LogP contribution in [0.2, 0.25) is 0 Å². The van der Waals surface area contributed by atoms with Gasteiger partial charge >= 0.3 is 0 Å². The lowest BCUT2D eigenvalue weighted by Gasteiger charge is -2.11. The number of para-hydroxylation sites is 1. The molecule has 0 aliphatic carbocycles. The van der Waals surface area contributed by atoms with Crippen LogP contribution in [0.5, 0.6) is 5.75 Å². The Morgan fingerprint density at radius 3 is 2.48 bits per heavy atom. The number of nitrogens with zero attached hydrogens (tertiary/aromatic N) is 2. The van der Waals surface area contributed by atoms with Gasteiger partial charge in [-0.15, -0.1) is 0 Å². The molecule has 3 heteroatoms. The summed E-state index contributed by atoms with van der Waals surface area (Å²) in [5.41, 5.74) is 3.95. The van der Waals surface area contributed by atoms with Gasteiger partial charge in [-0.2, -0.15) is 0 Å². The largest absolute Gasteiger partial charge is 0.488 e. The number of aryl methyl sites for hydroxylation is 1. The molecule has 0 aliphatic rings. The minimum absolute atomic E-state index is 0.544. The fourth-order valence-electron chi connectivity index (χ4n) is 2.14. The molecule has 21 heavy (non-hydrogen) atoms. The molecule has 0 radical (unpaired) electrons. The number of aromatic nitrogens is 2. The first kappa shape index (κ1) is 13.3. The zero-order chi connectivity index (χ0) is 14.5. The zero-order valence-electron chi connectivity index (χ0n) is 11.9.